The van der Waals surface area contributed by atoms with Crippen molar-refractivity contribution in [3.05, 3.63) is 83.3 Å². The van der Waals surface area contributed by atoms with E-state index >= 15 is 0 Å². The van der Waals surface area contributed by atoms with Crippen LogP contribution in [0, 0.1) is 0 Å². The summed E-state index contributed by atoms with van der Waals surface area (Å²) in [6.45, 7) is 1.71. The topological polar surface area (TPSA) is 64.8 Å². The molecule has 5 rings (SSSR count). The number of ketones is 1. The summed E-state index contributed by atoms with van der Waals surface area (Å²) in [7, 11) is 0. The van der Waals surface area contributed by atoms with Gasteiger partial charge in [0.05, 0.1) is 23.9 Å². The van der Waals surface area contributed by atoms with Crippen LogP contribution < -0.4 is 9.47 Å². The number of aromatic nitrogens is 1. The maximum Gasteiger partial charge on any atom is 0.231 e. The van der Waals surface area contributed by atoms with Crippen LogP contribution in [0.15, 0.2) is 65.2 Å². The van der Waals surface area contributed by atoms with Crippen LogP contribution in [0.1, 0.15) is 27.2 Å². The van der Waals surface area contributed by atoms with Crippen molar-refractivity contribution in [2.24, 2.45) is 0 Å². The number of carbonyl (C=O) groups excluding carboxylic acids is 1. The zero-order valence-corrected chi connectivity index (χ0v) is 14.4. The average molecular weight is 360 g/mol. The summed E-state index contributed by atoms with van der Waals surface area (Å²) < 4.78 is 17.3. The average Bonchev–Trinajstić information content (AvgIpc) is 3.31. The molecule has 6 nitrogen and oxygen atoms in total. The molecule has 0 radical (unpaired) electrons. The Labute approximate surface area is 155 Å². The van der Waals surface area contributed by atoms with Crippen molar-refractivity contribution in [2.75, 3.05) is 6.73 Å². The third kappa shape index (κ3) is 2.90. The molecule has 134 valence electrons. The number of benzene rings is 1. The van der Waals surface area contributed by atoms with Crippen molar-refractivity contribution in [1.29, 1.82) is 0 Å². The van der Waals surface area contributed by atoms with Crippen LogP contribution in [-0.2, 0) is 13.1 Å². The minimum atomic E-state index is -0.118. The molecule has 0 bridgehead atoms. The minimum Gasteiger partial charge on any atom is -0.478 e. The van der Waals surface area contributed by atoms with Gasteiger partial charge >= 0.3 is 0 Å². The maximum absolute atomic E-state index is 12.7. The fraction of sp³-hybridized carbons (Fsp3) is 0.143. The zero-order chi connectivity index (χ0) is 18.2. The Bertz CT molecular complexity index is 1030. The number of nitrogens with zero attached hydrogens (tertiary/aromatic N) is 2. The van der Waals surface area contributed by atoms with E-state index in [1.54, 1.807) is 30.8 Å². The molecule has 3 aromatic rings. The van der Waals surface area contributed by atoms with Crippen LogP contribution in [0.2, 0.25) is 0 Å². The van der Waals surface area contributed by atoms with Crippen LogP contribution in [0.5, 0.6) is 11.5 Å². The molecule has 0 atom stereocenters. The Balaban J connectivity index is 1.45. The van der Waals surface area contributed by atoms with Crippen LogP contribution >= 0.6 is 0 Å². The summed E-state index contributed by atoms with van der Waals surface area (Å²) in [5.74, 6) is 2.40. The van der Waals surface area contributed by atoms with E-state index in [0.717, 1.165) is 22.6 Å². The Kier molecular flexibility index (Phi) is 3.76. The Morgan fingerprint density at radius 3 is 2.85 bits per heavy atom. The van der Waals surface area contributed by atoms with E-state index < -0.39 is 0 Å². The van der Waals surface area contributed by atoms with Gasteiger partial charge < -0.3 is 13.9 Å². The molecular formula is C21H16N2O4. The summed E-state index contributed by atoms with van der Waals surface area (Å²) in [6.07, 6.45) is 6.76. The van der Waals surface area contributed by atoms with Crippen molar-refractivity contribution in [3.63, 3.8) is 0 Å². The van der Waals surface area contributed by atoms with Gasteiger partial charge in [0.2, 0.25) is 5.78 Å². The number of carbonyl (C=O) groups is 1. The molecule has 1 aromatic carbocycles. The number of fused-ring (bicyclic) bond motifs is 3. The highest BCUT2D eigenvalue weighted by atomic mass is 16.5. The SMILES string of the molecule is O=C1/C(=C/c2ccncc2)Oc2c1ccc1c2CN(Cc2ccco2)CO1. The second kappa shape index (κ2) is 6.41. The van der Waals surface area contributed by atoms with Gasteiger partial charge in [0, 0.05) is 18.9 Å². The molecule has 2 aromatic heterocycles. The number of hydrogen-bond acceptors (Lipinski definition) is 6. The largest absolute Gasteiger partial charge is 0.478 e. The Morgan fingerprint density at radius 1 is 1.15 bits per heavy atom. The first-order valence-corrected chi connectivity index (χ1v) is 8.65. The minimum absolute atomic E-state index is 0.118. The molecule has 0 N–H and O–H groups in total. The molecule has 0 saturated heterocycles. The van der Waals surface area contributed by atoms with Gasteiger partial charge in [-0.15, -0.1) is 0 Å². The van der Waals surface area contributed by atoms with Crippen molar-refractivity contribution < 1.29 is 18.7 Å². The lowest BCUT2D eigenvalue weighted by Gasteiger charge is -2.29. The van der Waals surface area contributed by atoms with Crippen molar-refractivity contribution in [2.45, 2.75) is 13.1 Å². The van der Waals surface area contributed by atoms with Crippen LogP contribution in [0.25, 0.3) is 6.08 Å². The van der Waals surface area contributed by atoms with Crippen molar-refractivity contribution >= 4 is 11.9 Å². The Morgan fingerprint density at radius 2 is 2.04 bits per heavy atom. The lowest BCUT2D eigenvalue weighted by atomic mass is 10.0. The first-order chi connectivity index (χ1) is 13.3. The van der Waals surface area contributed by atoms with E-state index in [4.69, 9.17) is 13.9 Å². The molecule has 2 aliphatic rings. The zero-order valence-electron chi connectivity index (χ0n) is 14.4. The smallest absolute Gasteiger partial charge is 0.231 e. The molecule has 27 heavy (non-hydrogen) atoms. The summed E-state index contributed by atoms with van der Waals surface area (Å²) in [5, 5.41) is 0. The fourth-order valence-corrected chi connectivity index (χ4v) is 3.34. The molecule has 0 aliphatic carbocycles. The van der Waals surface area contributed by atoms with Crippen LogP contribution in [0.4, 0.5) is 0 Å². The lowest BCUT2D eigenvalue weighted by Crippen LogP contribution is -2.31. The number of allylic oxidation sites excluding steroid dienone is 1. The molecule has 4 heterocycles. The monoisotopic (exact) mass is 360 g/mol. The number of furan rings is 1. The van der Waals surface area contributed by atoms with Gasteiger partial charge in [-0.2, -0.15) is 0 Å². The summed E-state index contributed by atoms with van der Waals surface area (Å²) in [5.41, 5.74) is 2.32. The molecule has 0 spiro atoms. The van der Waals surface area contributed by atoms with Gasteiger partial charge in [0.1, 0.15) is 24.0 Å². The number of hydrogen-bond donors (Lipinski definition) is 0. The van der Waals surface area contributed by atoms with E-state index in [1.807, 2.05) is 30.3 Å². The van der Waals surface area contributed by atoms with E-state index in [0.29, 0.717) is 36.9 Å². The molecule has 6 heteroatoms. The van der Waals surface area contributed by atoms with E-state index in [1.165, 1.54) is 0 Å². The van der Waals surface area contributed by atoms with Crippen LogP contribution in [0.3, 0.4) is 0 Å². The predicted octanol–water partition coefficient (Wildman–Crippen LogP) is 3.64. The van der Waals surface area contributed by atoms with Gasteiger partial charge in [0.15, 0.2) is 5.76 Å². The molecule has 0 unspecified atom stereocenters. The third-order valence-electron chi connectivity index (χ3n) is 4.65. The lowest BCUT2D eigenvalue weighted by molar-refractivity contribution is 0.0810. The molecule has 0 amide bonds. The van der Waals surface area contributed by atoms with Crippen molar-refractivity contribution in [1.82, 2.24) is 9.88 Å². The summed E-state index contributed by atoms with van der Waals surface area (Å²) in [6, 6.07) is 11.1. The van der Waals surface area contributed by atoms with Gasteiger partial charge in [-0.25, -0.2) is 0 Å². The number of Topliss-reactive ketones (excluding diaryl/α,β-unsaturated/α-hetero) is 1. The molecule has 0 saturated carbocycles. The third-order valence-corrected chi connectivity index (χ3v) is 4.65. The van der Waals surface area contributed by atoms with Gasteiger partial charge in [0.25, 0.3) is 0 Å². The first-order valence-electron chi connectivity index (χ1n) is 8.65. The van der Waals surface area contributed by atoms with Gasteiger partial charge in [-0.1, -0.05) is 0 Å². The Hall–Kier alpha value is -3.38. The molecular weight excluding hydrogens is 344 g/mol. The van der Waals surface area contributed by atoms with Gasteiger partial charge in [-0.3, -0.25) is 14.7 Å². The normalized spacial score (nSPS) is 17.3. The fourth-order valence-electron chi connectivity index (χ4n) is 3.34. The summed E-state index contributed by atoms with van der Waals surface area (Å²) >= 11 is 0. The predicted molar refractivity (Wildman–Crippen MR) is 97.1 cm³/mol. The second-order valence-electron chi connectivity index (χ2n) is 6.48. The maximum atomic E-state index is 12.7. The number of pyridine rings is 1. The quantitative estimate of drug-likeness (QED) is 0.665. The van der Waals surface area contributed by atoms with E-state index in [-0.39, 0.29) is 5.78 Å². The second-order valence-corrected chi connectivity index (χ2v) is 6.48. The van der Waals surface area contributed by atoms with Gasteiger partial charge in [-0.05, 0) is 48.0 Å². The highest BCUT2D eigenvalue weighted by Gasteiger charge is 2.33. The number of rotatable bonds is 3. The summed E-state index contributed by atoms with van der Waals surface area (Å²) in [4.78, 5) is 18.8. The highest BCUT2D eigenvalue weighted by molar-refractivity contribution is 6.15. The highest BCUT2D eigenvalue weighted by Crippen LogP contribution is 2.42. The van der Waals surface area contributed by atoms with Crippen molar-refractivity contribution in [3.8, 4) is 11.5 Å². The van der Waals surface area contributed by atoms with Crippen LogP contribution in [-0.4, -0.2) is 22.4 Å². The molecule has 0 fully saturated rings. The first kappa shape index (κ1) is 15.8. The number of ether oxygens (including phenoxy) is 2. The standard InChI is InChI=1S/C21H16N2O4/c24-20-16-3-4-18-17(12-23(13-26-18)11-15-2-1-9-25-15)21(16)27-19(20)10-14-5-7-22-8-6-14/h1-10H,11-13H2/b19-10-. The molecule has 2 aliphatic heterocycles. The van der Waals surface area contributed by atoms with E-state index in [2.05, 4.69) is 9.88 Å². The van der Waals surface area contributed by atoms with E-state index in [9.17, 15) is 4.79 Å².